The third kappa shape index (κ3) is 3.38. The molecule has 1 fully saturated rings. The standard InChI is InChI=1S/C25H23N5O5/c26-25-28-22-19(23(34)29-25)27-18(30(22)24-21(33)20(32)17(11-31)35-24)9-8-12-5-3-7-15-14-6-2-1-4-13(14)10-16(12)15/h1-9,17,20-21,24,31-33H,10-11H2,(H3,26,28,29,34)/t17-,20-,21-,24-/m1/s1. The van der Waals surface area contributed by atoms with Gasteiger partial charge in [0, 0.05) is 0 Å². The second kappa shape index (κ2) is 8.14. The van der Waals surface area contributed by atoms with E-state index < -0.39 is 36.7 Å². The number of nitrogens with one attached hydrogen (secondary N) is 1. The molecule has 1 saturated heterocycles. The Morgan fingerprint density at radius 1 is 1.09 bits per heavy atom. The fourth-order valence-electron chi connectivity index (χ4n) is 4.98. The van der Waals surface area contributed by atoms with Gasteiger partial charge < -0.3 is 25.8 Å². The summed E-state index contributed by atoms with van der Waals surface area (Å²) in [6.45, 7) is -0.487. The molecule has 0 saturated carbocycles. The van der Waals surface area contributed by atoms with E-state index in [4.69, 9.17) is 10.5 Å². The van der Waals surface area contributed by atoms with Gasteiger partial charge in [0.2, 0.25) is 5.95 Å². The van der Waals surface area contributed by atoms with Crippen LogP contribution >= 0.6 is 0 Å². The minimum atomic E-state index is -1.38. The van der Waals surface area contributed by atoms with E-state index in [2.05, 4.69) is 33.2 Å². The summed E-state index contributed by atoms with van der Waals surface area (Å²) in [5.41, 5.74) is 11.2. The van der Waals surface area contributed by atoms with Gasteiger partial charge >= 0.3 is 0 Å². The Morgan fingerprint density at radius 3 is 2.69 bits per heavy atom. The number of ether oxygens (including phenoxy) is 1. The van der Waals surface area contributed by atoms with E-state index in [0.717, 1.165) is 12.0 Å². The van der Waals surface area contributed by atoms with Crippen molar-refractivity contribution in [3.05, 3.63) is 75.3 Å². The summed E-state index contributed by atoms with van der Waals surface area (Å²) in [6.07, 6.45) is -0.434. The van der Waals surface area contributed by atoms with Gasteiger partial charge in [-0.15, -0.1) is 0 Å². The van der Waals surface area contributed by atoms with Gasteiger partial charge in [-0.1, -0.05) is 48.5 Å². The maximum Gasteiger partial charge on any atom is 0.280 e. The Bertz CT molecular complexity index is 1540. The van der Waals surface area contributed by atoms with Crippen molar-refractivity contribution in [3.63, 3.8) is 0 Å². The molecule has 0 bridgehead atoms. The molecule has 178 valence electrons. The molecule has 0 unspecified atom stereocenters. The fraction of sp³-hybridized carbons (Fsp3) is 0.240. The molecule has 1 aliphatic carbocycles. The monoisotopic (exact) mass is 473 g/mol. The summed E-state index contributed by atoms with van der Waals surface area (Å²) in [6, 6.07) is 14.4. The zero-order valence-electron chi connectivity index (χ0n) is 18.5. The predicted octanol–water partition coefficient (Wildman–Crippen LogP) is 1.05. The summed E-state index contributed by atoms with van der Waals surface area (Å²) >= 11 is 0. The summed E-state index contributed by atoms with van der Waals surface area (Å²) in [4.78, 5) is 23.6. The number of hydrogen-bond acceptors (Lipinski definition) is 8. The third-order valence-electron chi connectivity index (χ3n) is 6.67. The van der Waals surface area contributed by atoms with E-state index in [1.54, 1.807) is 6.08 Å². The molecule has 4 aromatic rings. The van der Waals surface area contributed by atoms with E-state index in [9.17, 15) is 20.1 Å². The lowest BCUT2D eigenvalue weighted by Crippen LogP contribution is -2.33. The van der Waals surface area contributed by atoms with Gasteiger partial charge in [-0.2, -0.15) is 4.98 Å². The topological polar surface area (TPSA) is 160 Å². The molecule has 2 aromatic heterocycles. The van der Waals surface area contributed by atoms with Crippen LogP contribution in [-0.4, -0.2) is 59.8 Å². The second-order valence-corrected chi connectivity index (χ2v) is 8.73. The Balaban J connectivity index is 1.47. The zero-order valence-corrected chi connectivity index (χ0v) is 18.5. The van der Waals surface area contributed by atoms with Crippen LogP contribution in [0, 0.1) is 0 Å². The number of anilines is 1. The summed E-state index contributed by atoms with van der Waals surface area (Å²) in [7, 11) is 0. The van der Waals surface area contributed by atoms with Gasteiger partial charge in [-0.3, -0.25) is 14.3 Å². The first-order valence-corrected chi connectivity index (χ1v) is 11.2. The normalized spacial score (nSPS) is 23.3. The van der Waals surface area contributed by atoms with Gasteiger partial charge in [0.1, 0.15) is 24.1 Å². The van der Waals surface area contributed by atoms with Crippen LogP contribution in [-0.2, 0) is 11.2 Å². The van der Waals surface area contributed by atoms with Crippen LogP contribution in [0.4, 0.5) is 5.95 Å². The van der Waals surface area contributed by atoms with Gasteiger partial charge in [-0.05, 0) is 40.3 Å². The van der Waals surface area contributed by atoms with E-state index >= 15 is 0 Å². The molecule has 2 aliphatic rings. The highest BCUT2D eigenvalue weighted by atomic mass is 16.6. The van der Waals surface area contributed by atoms with Crippen molar-refractivity contribution in [1.29, 1.82) is 0 Å². The molecule has 0 spiro atoms. The largest absolute Gasteiger partial charge is 0.394 e. The molecule has 6 N–H and O–H groups in total. The lowest BCUT2D eigenvalue weighted by atomic mass is 10.0. The van der Waals surface area contributed by atoms with E-state index in [1.807, 2.05) is 30.3 Å². The number of aromatic nitrogens is 4. The lowest BCUT2D eigenvalue weighted by molar-refractivity contribution is -0.0513. The van der Waals surface area contributed by atoms with Crippen molar-refractivity contribution in [2.24, 2.45) is 0 Å². The molecule has 0 radical (unpaired) electrons. The first-order chi connectivity index (χ1) is 17.0. The highest BCUT2D eigenvalue weighted by molar-refractivity contribution is 5.83. The molecule has 0 amide bonds. The van der Waals surface area contributed by atoms with E-state index in [-0.39, 0.29) is 22.9 Å². The minimum absolute atomic E-state index is 0.0160. The van der Waals surface area contributed by atoms with Gasteiger partial charge in [0.15, 0.2) is 17.4 Å². The van der Waals surface area contributed by atoms with Crippen molar-refractivity contribution >= 4 is 29.3 Å². The van der Waals surface area contributed by atoms with E-state index in [1.165, 1.54) is 26.8 Å². The number of aliphatic hydroxyl groups excluding tert-OH is 3. The van der Waals surface area contributed by atoms with Crippen LogP contribution in [0.1, 0.15) is 28.7 Å². The molecule has 10 heteroatoms. The maximum absolute atomic E-state index is 12.5. The van der Waals surface area contributed by atoms with Crippen LogP contribution in [0.5, 0.6) is 0 Å². The third-order valence-corrected chi connectivity index (χ3v) is 6.67. The highest BCUT2D eigenvalue weighted by Crippen LogP contribution is 2.39. The van der Waals surface area contributed by atoms with Crippen LogP contribution in [0.25, 0.3) is 34.4 Å². The number of fused-ring (bicyclic) bond motifs is 4. The van der Waals surface area contributed by atoms with E-state index in [0.29, 0.717) is 0 Å². The number of imidazole rings is 1. The zero-order chi connectivity index (χ0) is 24.3. The Kier molecular flexibility index (Phi) is 5.04. The van der Waals surface area contributed by atoms with Crippen molar-refractivity contribution < 1.29 is 20.1 Å². The molecule has 2 aromatic carbocycles. The van der Waals surface area contributed by atoms with Crippen molar-refractivity contribution in [1.82, 2.24) is 19.5 Å². The Morgan fingerprint density at radius 2 is 1.89 bits per heavy atom. The molecule has 35 heavy (non-hydrogen) atoms. The Labute approximate surface area is 199 Å². The number of rotatable bonds is 4. The maximum atomic E-state index is 12.5. The average Bonchev–Trinajstić information content (AvgIpc) is 3.50. The van der Waals surface area contributed by atoms with Crippen molar-refractivity contribution in [2.45, 2.75) is 31.0 Å². The number of nitrogens with two attached hydrogens (primary N) is 1. The number of nitrogens with zero attached hydrogens (tertiary/aromatic N) is 3. The molecule has 3 heterocycles. The minimum Gasteiger partial charge on any atom is -0.394 e. The number of benzene rings is 2. The average molecular weight is 473 g/mol. The van der Waals surface area contributed by atoms with Crippen LogP contribution < -0.4 is 11.3 Å². The van der Waals surface area contributed by atoms with Gasteiger partial charge in [0.25, 0.3) is 5.56 Å². The number of hydrogen-bond donors (Lipinski definition) is 5. The number of nitrogen functional groups attached to an aromatic ring is 1. The summed E-state index contributed by atoms with van der Waals surface area (Å²) in [5.74, 6) is 0.163. The molecule has 10 nitrogen and oxygen atoms in total. The molecule has 1 aliphatic heterocycles. The lowest BCUT2D eigenvalue weighted by Gasteiger charge is -2.18. The smallest absolute Gasteiger partial charge is 0.280 e. The van der Waals surface area contributed by atoms with Gasteiger partial charge in [0.05, 0.1) is 6.61 Å². The van der Waals surface area contributed by atoms with Crippen LogP contribution in [0.2, 0.25) is 0 Å². The first-order valence-electron chi connectivity index (χ1n) is 11.2. The summed E-state index contributed by atoms with van der Waals surface area (Å²) in [5, 5.41) is 30.5. The number of H-pyrrole nitrogens is 1. The molecular weight excluding hydrogens is 450 g/mol. The molecule has 4 atom stereocenters. The van der Waals surface area contributed by atoms with Crippen molar-refractivity contribution in [2.75, 3.05) is 12.3 Å². The number of aliphatic hydroxyl groups is 3. The highest BCUT2D eigenvalue weighted by Gasteiger charge is 2.44. The molecular formula is C25H23N5O5. The van der Waals surface area contributed by atoms with Crippen LogP contribution in [0.3, 0.4) is 0 Å². The predicted molar refractivity (Wildman–Crippen MR) is 129 cm³/mol. The van der Waals surface area contributed by atoms with Crippen molar-refractivity contribution in [3.8, 4) is 11.1 Å². The molecule has 6 rings (SSSR count). The Hall–Kier alpha value is -3.83. The quantitative estimate of drug-likeness (QED) is 0.259. The fourth-order valence-corrected chi connectivity index (χ4v) is 4.98. The second-order valence-electron chi connectivity index (χ2n) is 8.73. The SMILES string of the molecule is Nc1nc2c(nc(C=Cc3cccc4c3Cc3ccccc3-4)n2[C@@H]2O[C@H](CO)[C@@H](O)[C@H]2O)c(=O)[nH]1. The van der Waals surface area contributed by atoms with Crippen LogP contribution in [0.15, 0.2) is 47.3 Å². The number of aromatic amines is 1. The first kappa shape index (κ1) is 21.7. The summed E-state index contributed by atoms with van der Waals surface area (Å²) < 4.78 is 7.15. The van der Waals surface area contributed by atoms with Gasteiger partial charge in [-0.25, -0.2) is 4.98 Å².